The fraction of sp³-hybridized carbons (Fsp3) is 0.417. The highest BCUT2D eigenvalue weighted by Crippen LogP contribution is 2.15. The van der Waals surface area contributed by atoms with E-state index >= 15 is 0 Å². The van der Waals surface area contributed by atoms with Gasteiger partial charge in [-0.3, -0.25) is 4.79 Å². The molecule has 0 radical (unpaired) electrons. The molecule has 0 aliphatic carbocycles. The molecule has 1 aliphatic heterocycles. The molecule has 92 valence electrons. The molecule has 0 aromatic heterocycles. The van der Waals surface area contributed by atoms with Gasteiger partial charge in [0.15, 0.2) is 17.9 Å². The van der Waals surface area contributed by atoms with Crippen LogP contribution in [0.25, 0.3) is 0 Å². The summed E-state index contributed by atoms with van der Waals surface area (Å²) in [4.78, 5) is 11.6. The van der Waals surface area contributed by atoms with Gasteiger partial charge in [-0.1, -0.05) is 12.1 Å². The Hall–Kier alpha value is -1.33. The lowest BCUT2D eigenvalue weighted by Gasteiger charge is -2.08. The average Bonchev–Trinajstić information content (AvgIpc) is 2.77. The molecule has 1 fully saturated rings. The summed E-state index contributed by atoms with van der Waals surface area (Å²) in [6.07, 6.45) is -0.623. The van der Waals surface area contributed by atoms with Gasteiger partial charge in [0.2, 0.25) is 0 Å². The van der Waals surface area contributed by atoms with Gasteiger partial charge in [-0.05, 0) is 11.6 Å². The van der Waals surface area contributed by atoms with E-state index in [0.29, 0.717) is 13.2 Å². The van der Waals surface area contributed by atoms with Crippen LogP contribution >= 0.6 is 0 Å². The summed E-state index contributed by atoms with van der Waals surface area (Å²) < 4.78 is 36.4. The van der Waals surface area contributed by atoms with Crippen molar-refractivity contribution in [1.29, 1.82) is 0 Å². The second kappa shape index (κ2) is 5.33. The third-order valence-electron chi connectivity index (χ3n) is 2.50. The molecule has 0 amide bonds. The molecule has 0 bridgehead atoms. The van der Waals surface area contributed by atoms with Crippen molar-refractivity contribution in [3.63, 3.8) is 0 Å². The zero-order valence-electron chi connectivity index (χ0n) is 9.12. The number of rotatable bonds is 4. The summed E-state index contributed by atoms with van der Waals surface area (Å²) >= 11 is 0. The number of benzene rings is 1. The summed E-state index contributed by atoms with van der Waals surface area (Å²) in [5.41, 5.74) is 0.0630. The molecule has 1 aliphatic rings. The maximum Gasteiger partial charge on any atom is 0.164 e. The van der Waals surface area contributed by atoms with E-state index in [4.69, 9.17) is 9.47 Å². The molecule has 0 N–H and O–H groups in total. The summed E-state index contributed by atoms with van der Waals surface area (Å²) in [6.45, 7) is 0.929. The third kappa shape index (κ3) is 3.08. The number of Topliss-reactive ketones (excluding diaryl/α,β-unsaturated/α-hetero) is 1. The van der Waals surface area contributed by atoms with Crippen LogP contribution in [0, 0.1) is 11.6 Å². The van der Waals surface area contributed by atoms with Gasteiger partial charge in [-0.2, -0.15) is 0 Å². The van der Waals surface area contributed by atoms with Crippen LogP contribution in [-0.4, -0.2) is 25.3 Å². The summed E-state index contributed by atoms with van der Waals surface area (Å²) in [7, 11) is 0. The first-order chi connectivity index (χ1) is 8.16. The summed E-state index contributed by atoms with van der Waals surface area (Å²) in [6, 6.07) is 3.79. The molecule has 0 unspecified atom stereocenters. The molecule has 1 aromatic rings. The van der Waals surface area contributed by atoms with Crippen LogP contribution in [0.2, 0.25) is 0 Å². The summed E-state index contributed by atoms with van der Waals surface area (Å²) in [5.74, 6) is -2.14. The first kappa shape index (κ1) is 12.1. The molecule has 0 spiro atoms. The highest BCUT2D eigenvalue weighted by atomic mass is 19.2. The Labute approximate surface area is 97.3 Å². The molecule has 1 aromatic carbocycles. The highest BCUT2D eigenvalue weighted by molar-refractivity contribution is 5.81. The fourth-order valence-electron chi connectivity index (χ4n) is 1.68. The van der Waals surface area contributed by atoms with E-state index in [2.05, 4.69) is 0 Å². The molecule has 5 heteroatoms. The molecular formula is C12H12F2O3. The Kier molecular flexibility index (Phi) is 3.81. The van der Waals surface area contributed by atoms with E-state index in [-0.39, 0.29) is 24.2 Å². The van der Waals surface area contributed by atoms with Crippen molar-refractivity contribution in [2.24, 2.45) is 0 Å². The van der Waals surface area contributed by atoms with Gasteiger partial charge in [0.1, 0.15) is 5.78 Å². The number of halogens is 2. The zero-order chi connectivity index (χ0) is 12.3. The van der Waals surface area contributed by atoms with Gasteiger partial charge < -0.3 is 9.47 Å². The Bertz CT molecular complexity index is 414. The number of carbonyl (C=O) groups is 1. The number of hydrogen-bond donors (Lipinski definition) is 0. The minimum Gasteiger partial charge on any atom is -0.350 e. The van der Waals surface area contributed by atoms with Crippen molar-refractivity contribution >= 4 is 5.78 Å². The molecule has 1 heterocycles. The van der Waals surface area contributed by atoms with Gasteiger partial charge >= 0.3 is 0 Å². The third-order valence-corrected chi connectivity index (χ3v) is 2.50. The van der Waals surface area contributed by atoms with E-state index in [9.17, 15) is 13.6 Å². The van der Waals surface area contributed by atoms with Crippen molar-refractivity contribution in [3.05, 3.63) is 35.4 Å². The maximum absolute atomic E-state index is 13.3. The largest absolute Gasteiger partial charge is 0.350 e. The number of ketones is 1. The lowest BCUT2D eigenvalue weighted by atomic mass is 10.1. The Morgan fingerprint density at radius 1 is 1.29 bits per heavy atom. The normalized spacial score (nSPS) is 16.4. The second-order valence-electron chi connectivity index (χ2n) is 3.80. The number of hydrogen-bond acceptors (Lipinski definition) is 3. The van der Waals surface area contributed by atoms with E-state index in [1.165, 1.54) is 12.1 Å². The lowest BCUT2D eigenvalue weighted by molar-refractivity contribution is -0.126. The maximum atomic E-state index is 13.3. The van der Waals surface area contributed by atoms with Gasteiger partial charge in [0, 0.05) is 6.42 Å². The minimum absolute atomic E-state index is 0.0630. The van der Waals surface area contributed by atoms with Crippen LogP contribution < -0.4 is 0 Å². The monoisotopic (exact) mass is 242 g/mol. The highest BCUT2D eigenvalue weighted by Gasteiger charge is 2.20. The first-order valence-electron chi connectivity index (χ1n) is 5.34. The standard InChI is InChI=1S/C12H12F2O3/c13-10-3-1-2-8(12(10)14)6-9(15)7-11-16-4-5-17-11/h1-3,11H,4-7H2. The molecule has 1 saturated heterocycles. The Morgan fingerprint density at radius 3 is 2.71 bits per heavy atom. The van der Waals surface area contributed by atoms with Crippen LogP contribution in [0.4, 0.5) is 8.78 Å². The van der Waals surface area contributed by atoms with Crippen LogP contribution in [0.15, 0.2) is 18.2 Å². The van der Waals surface area contributed by atoms with Crippen LogP contribution in [0.3, 0.4) is 0 Å². The average molecular weight is 242 g/mol. The quantitative estimate of drug-likeness (QED) is 0.808. The van der Waals surface area contributed by atoms with Crippen LogP contribution in [-0.2, 0) is 20.7 Å². The molecule has 0 saturated carbocycles. The van der Waals surface area contributed by atoms with Crippen LogP contribution in [0.5, 0.6) is 0 Å². The predicted molar refractivity (Wildman–Crippen MR) is 55.4 cm³/mol. The van der Waals surface area contributed by atoms with Gasteiger partial charge in [-0.25, -0.2) is 8.78 Å². The zero-order valence-corrected chi connectivity index (χ0v) is 9.12. The van der Waals surface area contributed by atoms with Crippen LogP contribution in [0.1, 0.15) is 12.0 Å². The van der Waals surface area contributed by atoms with E-state index < -0.39 is 17.9 Å². The van der Waals surface area contributed by atoms with Crippen molar-refractivity contribution in [2.45, 2.75) is 19.1 Å². The van der Waals surface area contributed by atoms with E-state index in [1.807, 2.05) is 0 Å². The van der Waals surface area contributed by atoms with Gasteiger partial charge in [0.05, 0.1) is 19.6 Å². The molecule has 3 nitrogen and oxygen atoms in total. The topological polar surface area (TPSA) is 35.5 Å². The molecule has 0 atom stereocenters. The summed E-state index contributed by atoms with van der Waals surface area (Å²) in [5, 5.41) is 0. The van der Waals surface area contributed by atoms with Crippen molar-refractivity contribution in [1.82, 2.24) is 0 Å². The van der Waals surface area contributed by atoms with Gasteiger partial charge in [0.25, 0.3) is 0 Å². The molecule has 2 rings (SSSR count). The lowest BCUT2D eigenvalue weighted by Crippen LogP contribution is -2.16. The molecule has 17 heavy (non-hydrogen) atoms. The van der Waals surface area contributed by atoms with Crippen molar-refractivity contribution in [2.75, 3.05) is 13.2 Å². The predicted octanol–water partition coefficient (Wildman–Crippen LogP) is 1.84. The number of carbonyl (C=O) groups excluding carboxylic acids is 1. The first-order valence-corrected chi connectivity index (χ1v) is 5.34. The second-order valence-corrected chi connectivity index (χ2v) is 3.80. The molecular weight excluding hydrogens is 230 g/mol. The minimum atomic E-state index is -0.964. The van der Waals surface area contributed by atoms with Crippen molar-refractivity contribution in [3.8, 4) is 0 Å². The smallest absolute Gasteiger partial charge is 0.164 e. The Morgan fingerprint density at radius 2 is 2.00 bits per heavy atom. The van der Waals surface area contributed by atoms with Gasteiger partial charge in [-0.15, -0.1) is 0 Å². The van der Waals surface area contributed by atoms with Crippen molar-refractivity contribution < 1.29 is 23.0 Å². The SMILES string of the molecule is O=C(Cc1cccc(F)c1F)CC1OCCO1. The fourth-order valence-corrected chi connectivity index (χ4v) is 1.68. The van der Waals surface area contributed by atoms with E-state index in [1.54, 1.807) is 0 Å². The Balaban J connectivity index is 1.95. The van der Waals surface area contributed by atoms with E-state index in [0.717, 1.165) is 6.07 Å². The number of ether oxygens (including phenoxy) is 2.